The SMILES string of the molecule is CC(C)C(C)NCCOC1CCCCC1C. The van der Waals surface area contributed by atoms with Crippen molar-refractivity contribution in [3.05, 3.63) is 0 Å². The lowest BCUT2D eigenvalue weighted by Crippen LogP contribution is -2.35. The second-order valence-corrected chi connectivity index (χ2v) is 5.66. The molecule has 1 aliphatic rings. The predicted octanol–water partition coefficient (Wildman–Crippen LogP) is 3.22. The maximum absolute atomic E-state index is 5.96. The largest absolute Gasteiger partial charge is 0.377 e. The van der Waals surface area contributed by atoms with Gasteiger partial charge in [0.25, 0.3) is 0 Å². The minimum absolute atomic E-state index is 0.518. The van der Waals surface area contributed by atoms with E-state index in [9.17, 15) is 0 Å². The molecule has 3 unspecified atom stereocenters. The topological polar surface area (TPSA) is 21.3 Å². The summed E-state index contributed by atoms with van der Waals surface area (Å²) in [6.07, 6.45) is 5.88. The summed E-state index contributed by atoms with van der Waals surface area (Å²) in [5.74, 6) is 1.46. The van der Waals surface area contributed by atoms with Gasteiger partial charge in [-0.2, -0.15) is 0 Å². The van der Waals surface area contributed by atoms with Crippen LogP contribution in [0.2, 0.25) is 0 Å². The van der Waals surface area contributed by atoms with Crippen LogP contribution in [0, 0.1) is 11.8 Å². The fraction of sp³-hybridized carbons (Fsp3) is 1.00. The molecule has 0 heterocycles. The Morgan fingerprint density at radius 2 is 1.88 bits per heavy atom. The third kappa shape index (κ3) is 4.84. The molecule has 0 bridgehead atoms. The Balaban J connectivity index is 2.06. The fourth-order valence-corrected chi connectivity index (χ4v) is 2.26. The molecule has 0 aromatic carbocycles. The van der Waals surface area contributed by atoms with Crippen molar-refractivity contribution in [1.29, 1.82) is 0 Å². The van der Waals surface area contributed by atoms with Gasteiger partial charge in [0.1, 0.15) is 0 Å². The van der Waals surface area contributed by atoms with E-state index in [0.717, 1.165) is 19.1 Å². The van der Waals surface area contributed by atoms with Gasteiger partial charge in [0, 0.05) is 12.6 Å². The number of ether oxygens (including phenoxy) is 1. The quantitative estimate of drug-likeness (QED) is 0.704. The third-order valence-corrected chi connectivity index (χ3v) is 3.93. The summed E-state index contributed by atoms with van der Waals surface area (Å²) in [4.78, 5) is 0. The Morgan fingerprint density at radius 1 is 1.19 bits per heavy atom. The molecular weight excluding hydrogens is 198 g/mol. The molecule has 1 saturated carbocycles. The van der Waals surface area contributed by atoms with Crippen LogP contribution in [-0.4, -0.2) is 25.3 Å². The molecule has 0 aliphatic heterocycles. The second kappa shape index (κ2) is 7.29. The molecule has 0 saturated heterocycles. The summed E-state index contributed by atoms with van der Waals surface area (Å²) < 4.78 is 5.96. The zero-order valence-corrected chi connectivity index (χ0v) is 11.5. The first-order valence-corrected chi connectivity index (χ1v) is 6.96. The van der Waals surface area contributed by atoms with E-state index in [-0.39, 0.29) is 0 Å². The number of rotatable bonds is 6. The van der Waals surface area contributed by atoms with Crippen LogP contribution in [0.1, 0.15) is 53.4 Å². The molecule has 1 N–H and O–H groups in total. The standard InChI is InChI=1S/C14H29NO/c1-11(2)13(4)15-9-10-16-14-8-6-5-7-12(14)3/h11-15H,5-10H2,1-4H3. The smallest absolute Gasteiger partial charge is 0.0601 e. The maximum atomic E-state index is 5.96. The van der Waals surface area contributed by atoms with E-state index in [1.807, 2.05) is 0 Å². The minimum Gasteiger partial charge on any atom is -0.377 e. The highest BCUT2D eigenvalue weighted by molar-refractivity contribution is 4.72. The predicted molar refractivity (Wildman–Crippen MR) is 69.7 cm³/mol. The van der Waals surface area contributed by atoms with Crippen molar-refractivity contribution in [2.45, 2.75) is 65.5 Å². The van der Waals surface area contributed by atoms with Crippen LogP contribution in [0.3, 0.4) is 0 Å². The van der Waals surface area contributed by atoms with E-state index in [0.29, 0.717) is 18.1 Å². The zero-order valence-electron chi connectivity index (χ0n) is 11.5. The molecule has 1 rings (SSSR count). The van der Waals surface area contributed by atoms with E-state index >= 15 is 0 Å². The molecule has 2 heteroatoms. The van der Waals surface area contributed by atoms with Crippen LogP contribution in [0.25, 0.3) is 0 Å². The van der Waals surface area contributed by atoms with Crippen LogP contribution < -0.4 is 5.32 Å². The molecule has 96 valence electrons. The molecule has 0 spiro atoms. The first-order chi connectivity index (χ1) is 7.61. The van der Waals surface area contributed by atoms with Gasteiger partial charge in [-0.25, -0.2) is 0 Å². The van der Waals surface area contributed by atoms with E-state index in [4.69, 9.17) is 4.74 Å². The normalized spacial score (nSPS) is 28.3. The van der Waals surface area contributed by atoms with Gasteiger partial charge in [-0.1, -0.05) is 33.6 Å². The molecule has 0 aromatic heterocycles. The van der Waals surface area contributed by atoms with Crippen LogP contribution in [-0.2, 0) is 4.74 Å². The highest BCUT2D eigenvalue weighted by Gasteiger charge is 2.21. The van der Waals surface area contributed by atoms with Crippen molar-refractivity contribution >= 4 is 0 Å². The molecule has 1 fully saturated rings. The van der Waals surface area contributed by atoms with Gasteiger partial charge in [0.15, 0.2) is 0 Å². The molecule has 16 heavy (non-hydrogen) atoms. The van der Waals surface area contributed by atoms with Crippen molar-refractivity contribution in [3.63, 3.8) is 0 Å². The third-order valence-electron chi connectivity index (χ3n) is 3.93. The molecule has 0 aromatic rings. The second-order valence-electron chi connectivity index (χ2n) is 5.66. The lowest BCUT2D eigenvalue weighted by Gasteiger charge is -2.29. The van der Waals surface area contributed by atoms with E-state index in [2.05, 4.69) is 33.0 Å². The zero-order chi connectivity index (χ0) is 12.0. The van der Waals surface area contributed by atoms with Crippen LogP contribution in [0.15, 0.2) is 0 Å². The Labute approximate surface area is 101 Å². The summed E-state index contributed by atoms with van der Waals surface area (Å²) in [5, 5.41) is 3.51. The van der Waals surface area contributed by atoms with E-state index in [1.165, 1.54) is 25.7 Å². The lowest BCUT2D eigenvalue weighted by molar-refractivity contribution is -0.00403. The summed E-state index contributed by atoms with van der Waals surface area (Å²) in [6, 6.07) is 0.590. The van der Waals surface area contributed by atoms with Gasteiger partial charge in [-0.3, -0.25) is 0 Å². The number of nitrogens with one attached hydrogen (secondary N) is 1. The van der Waals surface area contributed by atoms with Gasteiger partial charge in [-0.15, -0.1) is 0 Å². The molecule has 0 radical (unpaired) electrons. The van der Waals surface area contributed by atoms with Gasteiger partial charge < -0.3 is 10.1 Å². The van der Waals surface area contributed by atoms with Gasteiger partial charge in [0.2, 0.25) is 0 Å². The first kappa shape index (κ1) is 14.0. The average molecular weight is 227 g/mol. The van der Waals surface area contributed by atoms with Gasteiger partial charge in [0.05, 0.1) is 12.7 Å². The lowest BCUT2D eigenvalue weighted by atomic mass is 9.88. The Bertz CT molecular complexity index is 182. The maximum Gasteiger partial charge on any atom is 0.0601 e. The summed E-state index contributed by atoms with van der Waals surface area (Å²) in [7, 11) is 0. The Hall–Kier alpha value is -0.0800. The molecule has 2 nitrogen and oxygen atoms in total. The molecule has 3 atom stereocenters. The first-order valence-electron chi connectivity index (χ1n) is 6.96. The van der Waals surface area contributed by atoms with Gasteiger partial charge in [-0.05, 0) is 31.6 Å². The summed E-state index contributed by atoms with van der Waals surface area (Å²) >= 11 is 0. The van der Waals surface area contributed by atoms with Crippen LogP contribution in [0.5, 0.6) is 0 Å². The van der Waals surface area contributed by atoms with Gasteiger partial charge >= 0.3 is 0 Å². The Morgan fingerprint density at radius 3 is 2.50 bits per heavy atom. The number of hydrogen-bond donors (Lipinski definition) is 1. The van der Waals surface area contributed by atoms with Crippen LogP contribution in [0.4, 0.5) is 0 Å². The van der Waals surface area contributed by atoms with Crippen molar-refractivity contribution in [3.8, 4) is 0 Å². The highest BCUT2D eigenvalue weighted by atomic mass is 16.5. The summed E-state index contributed by atoms with van der Waals surface area (Å²) in [5.41, 5.74) is 0. The van der Waals surface area contributed by atoms with E-state index in [1.54, 1.807) is 0 Å². The minimum atomic E-state index is 0.518. The molecule has 1 aliphatic carbocycles. The van der Waals surface area contributed by atoms with Crippen molar-refractivity contribution in [2.75, 3.05) is 13.2 Å². The monoisotopic (exact) mass is 227 g/mol. The Kier molecular flexibility index (Phi) is 6.37. The van der Waals surface area contributed by atoms with Crippen LogP contribution >= 0.6 is 0 Å². The van der Waals surface area contributed by atoms with E-state index < -0.39 is 0 Å². The van der Waals surface area contributed by atoms with Crippen molar-refractivity contribution < 1.29 is 4.74 Å². The fourth-order valence-electron chi connectivity index (χ4n) is 2.26. The number of hydrogen-bond acceptors (Lipinski definition) is 2. The highest BCUT2D eigenvalue weighted by Crippen LogP contribution is 2.25. The van der Waals surface area contributed by atoms with Crippen molar-refractivity contribution in [2.24, 2.45) is 11.8 Å². The molecule has 0 amide bonds. The van der Waals surface area contributed by atoms with Crippen molar-refractivity contribution in [1.82, 2.24) is 5.32 Å². The average Bonchev–Trinajstić information content (AvgIpc) is 2.26. The summed E-state index contributed by atoms with van der Waals surface area (Å²) in [6.45, 7) is 10.9. The molecular formula is C14H29NO.